The monoisotopic (exact) mass is 246 g/mol. The van der Waals surface area contributed by atoms with E-state index < -0.39 is 0 Å². The van der Waals surface area contributed by atoms with Crippen LogP contribution in [0.4, 0.5) is 4.39 Å². The third kappa shape index (κ3) is 3.05. The summed E-state index contributed by atoms with van der Waals surface area (Å²) >= 11 is 0. The topological polar surface area (TPSA) is 48.1 Å². The predicted molar refractivity (Wildman–Crippen MR) is 67.6 cm³/mol. The molecule has 0 bridgehead atoms. The third-order valence-corrected chi connectivity index (χ3v) is 2.63. The lowest BCUT2D eigenvalue weighted by atomic mass is 10.1. The molecule has 0 aliphatic carbocycles. The van der Waals surface area contributed by atoms with Crippen molar-refractivity contribution in [2.75, 3.05) is 0 Å². The number of hydrogen-bond acceptors (Lipinski definition) is 3. The van der Waals surface area contributed by atoms with Crippen LogP contribution in [-0.2, 0) is 6.61 Å². The fourth-order valence-corrected chi connectivity index (χ4v) is 1.56. The highest BCUT2D eigenvalue weighted by Crippen LogP contribution is 2.21. The van der Waals surface area contributed by atoms with E-state index in [-0.39, 0.29) is 17.6 Å². The molecule has 4 heteroatoms. The van der Waals surface area contributed by atoms with E-state index in [1.807, 2.05) is 19.1 Å². The zero-order valence-corrected chi connectivity index (χ0v) is 10.1. The Morgan fingerprint density at radius 1 is 1.28 bits per heavy atom. The van der Waals surface area contributed by atoms with Crippen molar-refractivity contribution in [3.63, 3.8) is 0 Å². The van der Waals surface area contributed by atoms with Gasteiger partial charge < -0.3 is 10.5 Å². The van der Waals surface area contributed by atoms with Crippen LogP contribution in [0.5, 0.6) is 5.75 Å². The van der Waals surface area contributed by atoms with E-state index in [0.29, 0.717) is 6.61 Å². The van der Waals surface area contributed by atoms with E-state index in [9.17, 15) is 4.39 Å². The van der Waals surface area contributed by atoms with Gasteiger partial charge in [0.25, 0.3) is 0 Å². The molecule has 1 aromatic carbocycles. The van der Waals surface area contributed by atoms with E-state index in [1.165, 1.54) is 6.07 Å². The van der Waals surface area contributed by atoms with Crippen LogP contribution < -0.4 is 10.5 Å². The Morgan fingerprint density at radius 2 is 2.00 bits per heavy atom. The van der Waals surface area contributed by atoms with E-state index >= 15 is 0 Å². The van der Waals surface area contributed by atoms with E-state index in [2.05, 4.69) is 4.98 Å². The molecule has 1 heterocycles. The minimum atomic E-state index is -0.390. The normalized spacial score (nSPS) is 12.2. The first-order valence-corrected chi connectivity index (χ1v) is 5.73. The van der Waals surface area contributed by atoms with Crippen molar-refractivity contribution in [1.29, 1.82) is 0 Å². The van der Waals surface area contributed by atoms with Crippen LogP contribution in [0, 0.1) is 5.82 Å². The van der Waals surface area contributed by atoms with Gasteiger partial charge in [-0.3, -0.25) is 4.98 Å². The standard InChI is InChI=1S/C14H15FN2O/c1-10(16)12-2-3-14(13(15)8-12)18-9-11-4-6-17-7-5-11/h2-8,10H,9,16H2,1H3/t10-/m0/s1. The summed E-state index contributed by atoms with van der Waals surface area (Å²) in [6.07, 6.45) is 3.35. The molecule has 0 unspecified atom stereocenters. The molecule has 1 aromatic heterocycles. The van der Waals surface area contributed by atoms with Gasteiger partial charge in [-0.15, -0.1) is 0 Å². The van der Waals surface area contributed by atoms with Crippen molar-refractivity contribution in [1.82, 2.24) is 4.98 Å². The minimum Gasteiger partial charge on any atom is -0.486 e. The molecule has 1 atom stereocenters. The quantitative estimate of drug-likeness (QED) is 0.902. The molecule has 2 rings (SSSR count). The van der Waals surface area contributed by atoms with Gasteiger partial charge in [0.15, 0.2) is 11.6 Å². The molecular weight excluding hydrogens is 231 g/mol. The highest BCUT2D eigenvalue weighted by molar-refractivity contribution is 5.31. The second-order valence-electron chi connectivity index (χ2n) is 4.12. The molecule has 0 aliphatic rings. The minimum absolute atomic E-state index is 0.186. The number of rotatable bonds is 4. The average Bonchev–Trinajstić information content (AvgIpc) is 2.38. The zero-order valence-electron chi connectivity index (χ0n) is 10.1. The molecule has 0 spiro atoms. The van der Waals surface area contributed by atoms with Gasteiger partial charge in [-0.25, -0.2) is 4.39 Å². The number of ether oxygens (including phenoxy) is 1. The zero-order chi connectivity index (χ0) is 13.0. The van der Waals surface area contributed by atoms with E-state index in [0.717, 1.165) is 11.1 Å². The summed E-state index contributed by atoms with van der Waals surface area (Å²) in [7, 11) is 0. The van der Waals surface area contributed by atoms with Crippen LogP contribution in [0.15, 0.2) is 42.7 Å². The highest BCUT2D eigenvalue weighted by atomic mass is 19.1. The van der Waals surface area contributed by atoms with Crippen molar-refractivity contribution in [2.24, 2.45) is 5.73 Å². The van der Waals surface area contributed by atoms with Gasteiger partial charge >= 0.3 is 0 Å². The maximum atomic E-state index is 13.7. The van der Waals surface area contributed by atoms with Gasteiger partial charge in [0, 0.05) is 18.4 Å². The Labute approximate surface area is 105 Å². The molecule has 0 saturated carbocycles. The van der Waals surface area contributed by atoms with Crippen LogP contribution in [0.2, 0.25) is 0 Å². The van der Waals surface area contributed by atoms with Crippen LogP contribution in [0.1, 0.15) is 24.1 Å². The third-order valence-electron chi connectivity index (χ3n) is 2.63. The second-order valence-corrected chi connectivity index (χ2v) is 4.12. The van der Waals surface area contributed by atoms with Crippen molar-refractivity contribution < 1.29 is 9.13 Å². The smallest absolute Gasteiger partial charge is 0.165 e. The Kier molecular flexibility index (Phi) is 3.89. The lowest BCUT2D eigenvalue weighted by molar-refractivity contribution is 0.290. The molecular formula is C14H15FN2O. The number of halogens is 1. The molecule has 2 N–H and O–H groups in total. The first-order chi connectivity index (χ1) is 8.66. The lowest BCUT2D eigenvalue weighted by Gasteiger charge is -2.10. The number of aromatic nitrogens is 1. The van der Waals surface area contributed by atoms with Crippen LogP contribution in [0.3, 0.4) is 0 Å². The van der Waals surface area contributed by atoms with Crippen LogP contribution in [0.25, 0.3) is 0 Å². The summed E-state index contributed by atoms with van der Waals surface area (Å²) in [6, 6.07) is 8.26. The molecule has 0 saturated heterocycles. The maximum Gasteiger partial charge on any atom is 0.165 e. The number of nitrogens with zero attached hydrogens (tertiary/aromatic N) is 1. The van der Waals surface area contributed by atoms with Gasteiger partial charge in [0.2, 0.25) is 0 Å². The van der Waals surface area contributed by atoms with Crippen molar-refractivity contribution in [3.05, 3.63) is 59.7 Å². The molecule has 3 nitrogen and oxygen atoms in total. The molecule has 0 aliphatic heterocycles. The van der Waals surface area contributed by atoms with Crippen molar-refractivity contribution in [2.45, 2.75) is 19.6 Å². The molecule has 0 amide bonds. The number of nitrogens with two attached hydrogens (primary N) is 1. The summed E-state index contributed by atoms with van der Waals surface area (Å²) in [5.41, 5.74) is 7.38. The van der Waals surface area contributed by atoms with Gasteiger partial charge in [0.1, 0.15) is 6.61 Å². The maximum absolute atomic E-state index is 13.7. The van der Waals surface area contributed by atoms with Gasteiger partial charge in [-0.05, 0) is 42.3 Å². The van der Waals surface area contributed by atoms with Gasteiger partial charge in [0.05, 0.1) is 0 Å². The molecule has 2 aromatic rings. The Morgan fingerprint density at radius 3 is 2.61 bits per heavy atom. The number of hydrogen-bond donors (Lipinski definition) is 1. The summed E-state index contributed by atoms with van der Waals surface area (Å²) in [5, 5.41) is 0. The molecule has 94 valence electrons. The fourth-order valence-electron chi connectivity index (χ4n) is 1.56. The number of benzene rings is 1. The SMILES string of the molecule is C[C@H](N)c1ccc(OCc2ccncc2)c(F)c1. The van der Waals surface area contributed by atoms with Gasteiger partial charge in [-0.1, -0.05) is 6.07 Å². The molecule has 0 radical (unpaired) electrons. The molecule has 18 heavy (non-hydrogen) atoms. The van der Waals surface area contributed by atoms with E-state index in [4.69, 9.17) is 10.5 Å². The van der Waals surface area contributed by atoms with Gasteiger partial charge in [-0.2, -0.15) is 0 Å². The van der Waals surface area contributed by atoms with Crippen LogP contribution >= 0.6 is 0 Å². The van der Waals surface area contributed by atoms with E-state index in [1.54, 1.807) is 24.5 Å². The lowest BCUT2D eigenvalue weighted by Crippen LogP contribution is -2.06. The Bertz CT molecular complexity index is 514. The average molecular weight is 246 g/mol. The largest absolute Gasteiger partial charge is 0.486 e. The molecule has 0 fully saturated rings. The van der Waals surface area contributed by atoms with Crippen molar-refractivity contribution >= 4 is 0 Å². The number of pyridine rings is 1. The Balaban J connectivity index is 2.06. The summed E-state index contributed by atoms with van der Waals surface area (Å²) < 4.78 is 19.1. The first-order valence-electron chi connectivity index (χ1n) is 5.73. The van der Waals surface area contributed by atoms with Crippen molar-refractivity contribution in [3.8, 4) is 5.75 Å². The predicted octanol–water partition coefficient (Wildman–Crippen LogP) is 2.82. The summed E-state index contributed by atoms with van der Waals surface area (Å²) in [4.78, 5) is 3.91. The van der Waals surface area contributed by atoms with Crippen LogP contribution in [-0.4, -0.2) is 4.98 Å². The first kappa shape index (κ1) is 12.5. The summed E-state index contributed by atoms with van der Waals surface area (Å²) in [6.45, 7) is 2.13. The summed E-state index contributed by atoms with van der Waals surface area (Å²) in [5.74, 6) is -0.157. The highest BCUT2D eigenvalue weighted by Gasteiger charge is 2.07. The Hall–Kier alpha value is -1.94. The fraction of sp³-hybridized carbons (Fsp3) is 0.214. The second kappa shape index (κ2) is 5.60.